The van der Waals surface area contributed by atoms with Gasteiger partial charge in [0.15, 0.2) is 0 Å². The minimum atomic E-state index is -0.327. The minimum absolute atomic E-state index is 0.327. The first-order chi connectivity index (χ1) is 11.1. The van der Waals surface area contributed by atoms with Gasteiger partial charge in [-0.25, -0.2) is 4.79 Å². The molecule has 23 heavy (non-hydrogen) atoms. The van der Waals surface area contributed by atoms with Gasteiger partial charge in [-0.2, -0.15) is 0 Å². The fourth-order valence-electron chi connectivity index (χ4n) is 2.00. The zero-order valence-corrected chi connectivity index (χ0v) is 14.5. The molecule has 0 aliphatic heterocycles. The molecule has 0 aromatic heterocycles. The molecule has 0 spiro atoms. The Bertz CT molecular complexity index is 448. The summed E-state index contributed by atoms with van der Waals surface area (Å²) in [6.07, 6.45) is 0.862. The summed E-state index contributed by atoms with van der Waals surface area (Å²) in [4.78, 5) is 11.4. The van der Waals surface area contributed by atoms with Gasteiger partial charge in [0.2, 0.25) is 0 Å². The average Bonchev–Trinajstić information content (AvgIpc) is 2.55. The number of rotatable bonds is 12. The Balaban J connectivity index is 2.04. The molecule has 5 nitrogen and oxygen atoms in total. The zero-order chi connectivity index (χ0) is 16.9. The highest BCUT2D eigenvalue weighted by Gasteiger charge is 2.05. The number of esters is 1. The number of ether oxygens (including phenoxy) is 3. The maximum Gasteiger partial charge on any atom is 0.337 e. The van der Waals surface area contributed by atoms with Crippen LogP contribution >= 0.6 is 0 Å². The number of nitrogens with one attached hydrogen (secondary N) is 1. The van der Waals surface area contributed by atoms with E-state index in [4.69, 9.17) is 14.2 Å². The number of hydrogen-bond donors (Lipinski definition) is 1. The fourth-order valence-corrected chi connectivity index (χ4v) is 2.00. The largest absolute Gasteiger partial charge is 0.465 e. The van der Waals surface area contributed by atoms with Crippen LogP contribution in [0.25, 0.3) is 0 Å². The molecule has 1 rings (SSSR count). The zero-order valence-electron chi connectivity index (χ0n) is 14.5. The molecule has 1 aromatic rings. The highest BCUT2D eigenvalue weighted by Crippen LogP contribution is 2.08. The second-order valence-corrected chi connectivity index (χ2v) is 5.81. The maximum atomic E-state index is 11.4. The van der Waals surface area contributed by atoms with Crippen LogP contribution in [0.1, 0.15) is 36.2 Å². The van der Waals surface area contributed by atoms with Crippen LogP contribution in [0.2, 0.25) is 0 Å². The van der Waals surface area contributed by atoms with Gasteiger partial charge in [0, 0.05) is 19.8 Å². The summed E-state index contributed by atoms with van der Waals surface area (Å²) in [7, 11) is 1.38. The average molecular weight is 323 g/mol. The van der Waals surface area contributed by atoms with Gasteiger partial charge in [-0.1, -0.05) is 26.0 Å². The molecule has 5 heteroatoms. The van der Waals surface area contributed by atoms with E-state index in [0.717, 1.165) is 31.7 Å². The third kappa shape index (κ3) is 9.33. The van der Waals surface area contributed by atoms with Gasteiger partial charge in [0.05, 0.1) is 25.9 Å². The van der Waals surface area contributed by atoms with Crippen molar-refractivity contribution in [1.82, 2.24) is 5.32 Å². The molecule has 0 bridgehead atoms. The molecule has 0 atom stereocenters. The van der Waals surface area contributed by atoms with Crippen molar-refractivity contribution in [3.05, 3.63) is 35.4 Å². The van der Waals surface area contributed by atoms with Crippen molar-refractivity contribution in [2.45, 2.75) is 26.9 Å². The van der Waals surface area contributed by atoms with Gasteiger partial charge in [-0.3, -0.25) is 0 Å². The first kappa shape index (κ1) is 19.6. The van der Waals surface area contributed by atoms with Gasteiger partial charge in [0.1, 0.15) is 0 Å². The predicted octanol–water partition coefficient (Wildman–Crippen LogP) is 2.64. The molecule has 1 aromatic carbocycles. The first-order valence-electron chi connectivity index (χ1n) is 8.17. The summed E-state index contributed by atoms with van der Waals surface area (Å²) in [5.41, 5.74) is 1.51. The molecule has 0 saturated heterocycles. The lowest BCUT2D eigenvalue weighted by atomic mass is 10.1. The summed E-state index contributed by atoms with van der Waals surface area (Å²) >= 11 is 0. The summed E-state index contributed by atoms with van der Waals surface area (Å²) in [5, 5.41) is 3.33. The second-order valence-electron chi connectivity index (χ2n) is 5.81. The van der Waals surface area contributed by atoms with Crippen LogP contribution in [0.4, 0.5) is 0 Å². The Hall–Kier alpha value is -1.43. The topological polar surface area (TPSA) is 56.8 Å². The number of hydrogen-bond acceptors (Lipinski definition) is 5. The molecule has 0 aliphatic carbocycles. The van der Waals surface area contributed by atoms with Gasteiger partial charge in [-0.15, -0.1) is 0 Å². The normalized spacial score (nSPS) is 11.0. The molecule has 0 fully saturated rings. The molecule has 1 N–H and O–H groups in total. The van der Waals surface area contributed by atoms with Crippen LogP contribution in [-0.4, -0.2) is 46.0 Å². The Morgan fingerprint density at radius 2 is 1.96 bits per heavy atom. The molecule has 0 radical (unpaired) electrons. The van der Waals surface area contributed by atoms with E-state index in [1.54, 1.807) is 12.1 Å². The van der Waals surface area contributed by atoms with Gasteiger partial charge in [-0.05, 0) is 36.6 Å². The van der Waals surface area contributed by atoms with Crippen molar-refractivity contribution in [3.63, 3.8) is 0 Å². The Labute approximate surface area is 139 Å². The third-order valence-electron chi connectivity index (χ3n) is 3.17. The monoisotopic (exact) mass is 323 g/mol. The molecule has 0 amide bonds. The summed E-state index contributed by atoms with van der Waals surface area (Å²) < 4.78 is 15.8. The van der Waals surface area contributed by atoms with E-state index in [2.05, 4.69) is 19.2 Å². The molecule has 0 unspecified atom stereocenters. The van der Waals surface area contributed by atoms with E-state index in [1.807, 2.05) is 12.1 Å². The number of benzene rings is 1. The number of carbonyl (C=O) groups is 1. The van der Waals surface area contributed by atoms with Crippen LogP contribution in [0, 0.1) is 5.92 Å². The maximum absolute atomic E-state index is 11.4. The first-order valence-corrected chi connectivity index (χ1v) is 8.17. The van der Waals surface area contributed by atoms with E-state index < -0.39 is 0 Å². The van der Waals surface area contributed by atoms with E-state index in [9.17, 15) is 4.79 Å². The highest BCUT2D eigenvalue weighted by atomic mass is 16.5. The number of methoxy groups -OCH3 is 1. The summed E-state index contributed by atoms with van der Waals surface area (Å²) in [5.74, 6) is 0.340. The lowest BCUT2D eigenvalue weighted by Gasteiger charge is -2.08. The SMILES string of the molecule is COC(=O)c1cccc(COCCCOCCNCC(C)C)c1. The van der Waals surface area contributed by atoms with Gasteiger partial charge in [0.25, 0.3) is 0 Å². The summed E-state index contributed by atoms with van der Waals surface area (Å²) in [6, 6.07) is 7.29. The van der Waals surface area contributed by atoms with Crippen molar-refractivity contribution in [2.75, 3.05) is 40.0 Å². The van der Waals surface area contributed by atoms with Crippen LogP contribution < -0.4 is 5.32 Å². The van der Waals surface area contributed by atoms with Crippen LogP contribution in [0.3, 0.4) is 0 Å². The molecular weight excluding hydrogens is 294 g/mol. The summed E-state index contributed by atoms with van der Waals surface area (Å²) in [6.45, 7) is 8.84. The molecule has 0 saturated carbocycles. The quantitative estimate of drug-likeness (QED) is 0.473. The van der Waals surface area contributed by atoms with Gasteiger partial charge >= 0.3 is 5.97 Å². The van der Waals surface area contributed by atoms with Crippen molar-refractivity contribution < 1.29 is 19.0 Å². The fraction of sp³-hybridized carbons (Fsp3) is 0.611. The molecular formula is C18H29NO4. The molecule has 0 aliphatic rings. The van der Waals surface area contributed by atoms with Crippen LogP contribution in [0.15, 0.2) is 24.3 Å². The van der Waals surface area contributed by atoms with Crippen molar-refractivity contribution >= 4 is 5.97 Å². The minimum Gasteiger partial charge on any atom is -0.465 e. The van der Waals surface area contributed by atoms with E-state index in [-0.39, 0.29) is 5.97 Å². The predicted molar refractivity (Wildman–Crippen MR) is 90.6 cm³/mol. The molecule has 0 heterocycles. The van der Waals surface area contributed by atoms with Crippen molar-refractivity contribution in [2.24, 2.45) is 5.92 Å². The Morgan fingerprint density at radius 1 is 1.17 bits per heavy atom. The van der Waals surface area contributed by atoms with Crippen molar-refractivity contribution in [1.29, 1.82) is 0 Å². The van der Waals surface area contributed by atoms with Gasteiger partial charge < -0.3 is 19.5 Å². The van der Waals surface area contributed by atoms with E-state index in [1.165, 1.54) is 7.11 Å². The van der Waals surface area contributed by atoms with E-state index >= 15 is 0 Å². The number of carbonyl (C=O) groups excluding carboxylic acids is 1. The molecule has 130 valence electrons. The Kier molecular flexibility index (Phi) is 10.3. The second kappa shape index (κ2) is 12.0. The third-order valence-corrected chi connectivity index (χ3v) is 3.17. The van der Waals surface area contributed by atoms with Crippen molar-refractivity contribution in [3.8, 4) is 0 Å². The lowest BCUT2D eigenvalue weighted by molar-refractivity contribution is 0.0600. The van der Waals surface area contributed by atoms with E-state index in [0.29, 0.717) is 31.3 Å². The Morgan fingerprint density at radius 3 is 2.70 bits per heavy atom. The smallest absolute Gasteiger partial charge is 0.337 e. The lowest BCUT2D eigenvalue weighted by Crippen LogP contribution is -2.24. The standard InChI is InChI=1S/C18H29NO4/c1-15(2)13-19-8-11-22-9-5-10-23-14-16-6-4-7-17(12-16)18(20)21-3/h4,6-7,12,15,19H,5,8-11,13-14H2,1-3H3. The van der Waals surface area contributed by atoms with Crippen LogP contribution in [0.5, 0.6) is 0 Å². The van der Waals surface area contributed by atoms with Crippen LogP contribution in [-0.2, 0) is 20.8 Å². The highest BCUT2D eigenvalue weighted by molar-refractivity contribution is 5.89.